The topological polar surface area (TPSA) is 135 Å². The first kappa shape index (κ1) is 19.2. The van der Waals surface area contributed by atoms with E-state index in [0.29, 0.717) is 17.1 Å². The van der Waals surface area contributed by atoms with E-state index in [0.717, 1.165) is 24.0 Å². The van der Waals surface area contributed by atoms with Crippen LogP contribution >= 0.6 is 0 Å². The Morgan fingerprint density at radius 3 is 2.76 bits per heavy atom. The summed E-state index contributed by atoms with van der Waals surface area (Å²) < 4.78 is 6.71. The SMILES string of the molecule is COc1ccc(-c2cc3c(NC(CO)[C@H](O)C4CC4)c(C(N)=O)cnn3c2)cn1. The van der Waals surface area contributed by atoms with Gasteiger partial charge in [0.25, 0.3) is 5.91 Å². The summed E-state index contributed by atoms with van der Waals surface area (Å²) in [7, 11) is 1.55. The molecule has 2 atom stereocenters. The van der Waals surface area contributed by atoms with Crippen LogP contribution in [0.3, 0.4) is 0 Å². The van der Waals surface area contributed by atoms with Gasteiger partial charge in [0.05, 0.1) is 48.8 Å². The van der Waals surface area contributed by atoms with Gasteiger partial charge in [-0.3, -0.25) is 4.79 Å². The van der Waals surface area contributed by atoms with Gasteiger partial charge in [0.2, 0.25) is 5.88 Å². The number of carbonyl (C=O) groups excluding carboxylic acids is 1. The molecular formula is C20H23N5O4. The van der Waals surface area contributed by atoms with Gasteiger partial charge in [-0.15, -0.1) is 0 Å². The molecule has 3 aromatic heterocycles. The Bertz CT molecular complexity index is 1030. The van der Waals surface area contributed by atoms with Crippen molar-refractivity contribution in [2.75, 3.05) is 19.0 Å². The summed E-state index contributed by atoms with van der Waals surface area (Å²) >= 11 is 0. The molecule has 0 radical (unpaired) electrons. The highest BCUT2D eigenvalue weighted by molar-refractivity contribution is 6.02. The molecule has 4 rings (SSSR count). The number of fused-ring (bicyclic) bond motifs is 1. The third-order valence-electron chi connectivity index (χ3n) is 5.23. The highest BCUT2D eigenvalue weighted by Crippen LogP contribution is 2.35. The van der Waals surface area contributed by atoms with E-state index < -0.39 is 18.1 Å². The average Bonchev–Trinajstić information content (AvgIpc) is 3.49. The molecule has 3 aromatic rings. The number of ether oxygens (including phenoxy) is 1. The van der Waals surface area contributed by atoms with Gasteiger partial charge in [0.15, 0.2) is 0 Å². The standard InChI is InChI=1S/C20H23N5O4/c1-29-17-5-4-12(7-22-17)13-6-16-18(14(20(21)28)8-23-25(16)9-13)24-15(10-26)19(27)11-2-3-11/h4-9,11,15,19,24,26-27H,2-3,10H2,1H3,(H2,21,28)/t15?,19-/m1/s1. The van der Waals surface area contributed by atoms with Crippen molar-refractivity contribution in [3.05, 3.63) is 42.4 Å². The van der Waals surface area contributed by atoms with Crippen LogP contribution in [0.15, 0.2) is 36.8 Å². The first-order chi connectivity index (χ1) is 14.0. The molecule has 5 N–H and O–H groups in total. The van der Waals surface area contributed by atoms with Gasteiger partial charge in [0, 0.05) is 29.6 Å². The molecule has 0 aliphatic heterocycles. The van der Waals surface area contributed by atoms with Crippen LogP contribution < -0.4 is 15.8 Å². The van der Waals surface area contributed by atoms with Crippen LogP contribution in [0.4, 0.5) is 5.69 Å². The molecule has 0 aromatic carbocycles. The summed E-state index contributed by atoms with van der Waals surface area (Å²) in [5.74, 6) is 0.0186. The number of nitrogens with one attached hydrogen (secondary N) is 1. The lowest BCUT2D eigenvalue weighted by Crippen LogP contribution is -2.39. The minimum Gasteiger partial charge on any atom is -0.481 e. The predicted octanol–water partition coefficient (Wildman–Crippen LogP) is 1.05. The lowest BCUT2D eigenvalue weighted by atomic mass is 10.1. The number of hydrogen-bond donors (Lipinski definition) is 4. The highest BCUT2D eigenvalue weighted by Gasteiger charge is 2.35. The van der Waals surface area contributed by atoms with Crippen molar-refractivity contribution in [2.45, 2.75) is 25.0 Å². The van der Waals surface area contributed by atoms with Gasteiger partial charge in [-0.2, -0.15) is 5.10 Å². The predicted molar refractivity (Wildman–Crippen MR) is 107 cm³/mol. The maximum atomic E-state index is 12.0. The summed E-state index contributed by atoms with van der Waals surface area (Å²) in [4.78, 5) is 16.2. The first-order valence-electron chi connectivity index (χ1n) is 9.39. The highest BCUT2D eigenvalue weighted by atomic mass is 16.5. The van der Waals surface area contributed by atoms with Crippen molar-refractivity contribution >= 4 is 17.1 Å². The van der Waals surface area contributed by atoms with Gasteiger partial charge in [-0.1, -0.05) is 0 Å². The van der Waals surface area contributed by atoms with Gasteiger partial charge >= 0.3 is 0 Å². The maximum absolute atomic E-state index is 12.0. The second kappa shape index (κ2) is 7.69. The van der Waals surface area contributed by atoms with Crippen LogP contribution in [0, 0.1) is 5.92 Å². The number of aromatic nitrogens is 3. The Balaban J connectivity index is 1.76. The molecule has 9 nitrogen and oxygen atoms in total. The maximum Gasteiger partial charge on any atom is 0.252 e. The van der Waals surface area contributed by atoms with Crippen molar-refractivity contribution < 1.29 is 19.7 Å². The van der Waals surface area contributed by atoms with E-state index in [1.54, 1.807) is 30.1 Å². The molecule has 9 heteroatoms. The largest absolute Gasteiger partial charge is 0.481 e. The summed E-state index contributed by atoms with van der Waals surface area (Å²) in [6, 6.07) is 4.86. The number of rotatable bonds is 8. The number of anilines is 1. The zero-order chi connectivity index (χ0) is 20.5. The molecule has 1 saturated carbocycles. The molecular weight excluding hydrogens is 374 g/mol. The van der Waals surface area contributed by atoms with Crippen molar-refractivity contribution in [1.29, 1.82) is 0 Å². The van der Waals surface area contributed by atoms with Crippen molar-refractivity contribution in [3.8, 4) is 17.0 Å². The monoisotopic (exact) mass is 397 g/mol. The molecule has 1 aliphatic carbocycles. The van der Waals surface area contributed by atoms with Crippen molar-refractivity contribution in [3.63, 3.8) is 0 Å². The third kappa shape index (κ3) is 3.74. The van der Waals surface area contributed by atoms with E-state index in [-0.39, 0.29) is 18.1 Å². The van der Waals surface area contributed by atoms with Crippen LogP contribution in [0.2, 0.25) is 0 Å². The van der Waals surface area contributed by atoms with Crippen LogP contribution in [0.5, 0.6) is 5.88 Å². The quantitative estimate of drug-likeness (QED) is 0.446. The number of methoxy groups -OCH3 is 1. The fourth-order valence-corrected chi connectivity index (χ4v) is 3.42. The molecule has 0 spiro atoms. The Hall–Kier alpha value is -3.17. The Labute approximate surface area is 167 Å². The molecule has 3 heterocycles. The number of carbonyl (C=O) groups is 1. The Morgan fingerprint density at radius 2 is 2.17 bits per heavy atom. The number of nitrogens with zero attached hydrogens (tertiary/aromatic N) is 3. The molecule has 1 aliphatic rings. The van der Waals surface area contributed by atoms with Crippen LogP contribution in [-0.4, -0.2) is 56.6 Å². The fraction of sp³-hybridized carbons (Fsp3) is 0.350. The lowest BCUT2D eigenvalue weighted by Gasteiger charge is -2.24. The fourth-order valence-electron chi connectivity index (χ4n) is 3.42. The van der Waals surface area contributed by atoms with Gasteiger partial charge in [-0.05, 0) is 30.9 Å². The number of primary amides is 1. The van der Waals surface area contributed by atoms with E-state index in [1.165, 1.54) is 6.20 Å². The van der Waals surface area contributed by atoms with Crippen LogP contribution in [0.1, 0.15) is 23.2 Å². The number of pyridine rings is 1. The molecule has 152 valence electrons. The number of aliphatic hydroxyl groups excluding tert-OH is 2. The molecule has 1 fully saturated rings. The minimum absolute atomic E-state index is 0.155. The van der Waals surface area contributed by atoms with Gasteiger partial charge < -0.3 is 26.0 Å². The lowest BCUT2D eigenvalue weighted by molar-refractivity contribution is 0.0977. The molecule has 0 bridgehead atoms. The second-order valence-electron chi connectivity index (χ2n) is 7.21. The number of amides is 1. The van der Waals surface area contributed by atoms with Gasteiger partial charge in [-0.25, -0.2) is 9.50 Å². The Kier molecular flexibility index (Phi) is 5.08. The third-order valence-corrected chi connectivity index (χ3v) is 5.23. The normalized spacial score (nSPS) is 15.8. The van der Waals surface area contributed by atoms with Gasteiger partial charge in [0.1, 0.15) is 0 Å². The number of hydrogen-bond acceptors (Lipinski definition) is 7. The molecule has 1 amide bonds. The van der Waals surface area contributed by atoms with Crippen molar-refractivity contribution in [2.24, 2.45) is 11.7 Å². The van der Waals surface area contributed by atoms with E-state index in [1.807, 2.05) is 12.1 Å². The van der Waals surface area contributed by atoms with Crippen LogP contribution in [0.25, 0.3) is 16.6 Å². The molecule has 29 heavy (non-hydrogen) atoms. The number of aliphatic hydroxyl groups is 2. The van der Waals surface area contributed by atoms with E-state index in [2.05, 4.69) is 15.4 Å². The Morgan fingerprint density at radius 1 is 1.38 bits per heavy atom. The first-order valence-corrected chi connectivity index (χ1v) is 9.39. The number of nitrogens with two attached hydrogens (primary N) is 1. The van der Waals surface area contributed by atoms with E-state index >= 15 is 0 Å². The van der Waals surface area contributed by atoms with Crippen LogP contribution in [-0.2, 0) is 0 Å². The summed E-state index contributed by atoms with van der Waals surface area (Å²) in [5.41, 5.74) is 8.45. The summed E-state index contributed by atoms with van der Waals surface area (Å²) in [6.07, 6.45) is 6.00. The second-order valence-corrected chi connectivity index (χ2v) is 7.21. The summed E-state index contributed by atoms with van der Waals surface area (Å²) in [5, 5.41) is 27.7. The van der Waals surface area contributed by atoms with E-state index in [4.69, 9.17) is 10.5 Å². The zero-order valence-electron chi connectivity index (χ0n) is 15.9. The average molecular weight is 397 g/mol. The van der Waals surface area contributed by atoms with Crippen molar-refractivity contribution in [1.82, 2.24) is 14.6 Å². The zero-order valence-corrected chi connectivity index (χ0v) is 15.9. The molecule has 1 unspecified atom stereocenters. The smallest absolute Gasteiger partial charge is 0.252 e. The minimum atomic E-state index is -0.714. The summed E-state index contributed by atoms with van der Waals surface area (Å²) in [6.45, 7) is -0.277. The molecule has 0 saturated heterocycles. The van der Waals surface area contributed by atoms with E-state index in [9.17, 15) is 15.0 Å².